The highest BCUT2D eigenvalue weighted by Gasteiger charge is 2.48. The van der Waals surface area contributed by atoms with Gasteiger partial charge in [-0.05, 0) is 25.7 Å². The van der Waals surface area contributed by atoms with Gasteiger partial charge in [-0.1, -0.05) is 57.8 Å². The molecular formula is C17H29NO3. The second-order valence-corrected chi connectivity index (χ2v) is 6.76. The van der Waals surface area contributed by atoms with Crippen LogP contribution in [0.4, 0.5) is 0 Å². The van der Waals surface area contributed by atoms with Crippen molar-refractivity contribution in [3.8, 4) is 0 Å². The summed E-state index contributed by atoms with van der Waals surface area (Å²) < 4.78 is 0. The van der Waals surface area contributed by atoms with E-state index in [1.54, 1.807) is 4.90 Å². The molecular weight excluding hydrogens is 266 g/mol. The highest BCUT2D eigenvalue weighted by Crippen LogP contribution is 2.38. The number of carbonyl (C=O) groups excluding carboxylic acids is 1. The summed E-state index contributed by atoms with van der Waals surface area (Å²) in [4.78, 5) is 25.2. The van der Waals surface area contributed by atoms with Crippen LogP contribution < -0.4 is 0 Å². The molecule has 0 saturated heterocycles. The van der Waals surface area contributed by atoms with Gasteiger partial charge in [-0.15, -0.1) is 0 Å². The number of amides is 1. The molecule has 2 fully saturated rings. The molecule has 4 nitrogen and oxygen atoms in total. The molecule has 0 spiro atoms. The van der Waals surface area contributed by atoms with Gasteiger partial charge in [0.1, 0.15) is 5.54 Å². The lowest BCUT2D eigenvalue weighted by molar-refractivity contribution is -0.157. The Morgan fingerprint density at radius 1 is 0.905 bits per heavy atom. The first kappa shape index (κ1) is 16.3. The van der Waals surface area contributed by atoms with Gasteiger partial charge >= 0.3 is 5.97 Å². The Hall–Kier alpha value is -1.06. The van der Waals surface area contributed by atoms with Gasteiger partial charge in [0, 0.05) is 6.04 Å². The molecule has 0 aromatic rings. The molecule has 0 radical (unpaired) electrons. The Morgan fingerprint density at radius 2 is 1.33 bits per heavy atom. The molecule has 21 heavy (non-hydrogen) atoms. The predicted octanol–water partition coefficient (Wildman–Crippen LogP) is 3.74. The van der Waals surface area contributed by atoms with Crippen LogP contribution in [0.5, 0.6) is 0 Å². The molecule has 4 heteroatoms. The van der Waals surface area contributed by atoms with Crippen LogP contribution in [0.3, 0.4) is 0 Å². The summed E-state index contributed by atoms with van der Waals surface area (Å²) in [6.45, 7) is 0. The van der Waals surface area contributed by atoms with Crippen molar-refractivity contribution in [2.24, 2.45) is 0 Å². The van der Waals surface area contributed by atoms with Crippen molar-refractivity contribution in [3.05, 3.63) is 0 Å². The molecule has 120 valence electrons. The number of nitrogens with zero attached hydrogens (tertiary/aromatic N) is 1. The molecule has 2 saturated carbocycles. The standard InChI is InChI=1S/C17H29NO3/c19-14-18(15-10-11-15)17(16(20)21)12-8-6-4-2-1-3-5-7-9-13-17/h14-15H,1-13H2,(H,20,21). The molecule has 2 aliphatic carbocycles. The fraction of sp³-hybridized carbons (Fsp3) is 0.882. The van der Waals surface area contributed by atoms with Crippen LogP contribution in [0.1, 0.15) is 83.5 Å². The van der Waals surface area contributed by atoms with Crippen LogP contribution in [0, 0.1) is 0 Å². The van der Waals surface area contributed by atoms with Crippen LogP contribution in [0.15, 0.2) is 0 Å². The summed E-state index contributed by atoms with van der Waals surface area (Å²) in [5, 5.41) is 9.87. The fourth-order valence-electron chi connectivity index (χ4n) is 3.67. The average molecular weight is 295 g/mol. The monoisotopic (exact) mass is 295 g/mol. The summed E-state index contributed by atoms with van der Waals surface area (Å²) in [6.07, 6.45) is 14.2. The van der Waals surface area contributed by atoms with E-state index < -0.39 is 11.5 Å². The zero-order valence-corrected chi connectivity index (χ0v) is 13.1. The number of carboxylic acid groups (broad SMARTS) is 1. The maximum atomic E-state index is 12.0. The highest BCUT2D eigenvalue weighted by atomic mass is 16.4. The molecule has 2 aliphatic rings. The lowest BCUT2D eigenvalue weighted by atomic mass is 9.84. The van der Waals surface area contributed by atoms with Crippen LogP contribution in [-0.4, -0.2) is 34.0 Å². The third-order valence-corrected chi connectivity index (χ3v) is 5.13. The number of rotatable bonds is 4. The van der Waals surface area contributed by atoms with Gasteiger partial charge in [0.15, 0.2) is 0 Å². The van der Waals surface area contributed by atoms with Gasteiger partial charge in [0.25, 0.3) is 0 Å². The molecule has 0 aliphatic heterocycles. The molecule has 0 atom stereocenters. The molecule has 0 aromatic heterocycles. The number of hydrogen-bond acceptors (Lipinski definition) is 2. The zero-order chi connectivity index (χ0) is 15.1. The van der Waals surface area contributed by atoms with E-state index in [2.05, 4.69) is 0 Å². The Kier molecular flexibility index (Phi) is 6.07. The summed E-state index contributed by atoms with van der Waals surface area (Å²) in [5.41, 5.74) is -0.942. The quantitative estimate of drug-likeness (QED) is 0.804. The SMILES string of the molecule is O=CN(C1CC1)C1(C(=O)O)CCCCCCCCCCC1. The Bertz CT molecular complexity index is 340. The van der Waals surface area contributed by atoms with Crippen molar-refractivity contribution in [1.82, 2.24) is 4.90 Å². The lowest BCUT2D eigenvalue weighted by Crippen LogP contribution is -2.55. The van der Waals surface area contributed by atoms with Crippen LogP contribution >= 0.6 is 0 Å². The summed E-state index contributed by atoms with van der Waals surface area (Å²) >= 11 is 0. The summed E-state index contributed by atoms with van der Waals surface area (Å²) in [6, 6.07) is 0.173. The van der Waals surface area contributed by atoms with Crippen molar-refractivity contribution in [3.63, 3.8) is 0 Å². The third kappa shape index (κ3) is 4.21. The lowest BCUT2D eigenvalue weighted by Gasteiger charge is -2.39. The van der Waals surface area contributed by atoms with E-state index in [-0.39, 0.29) is 6.04 Å². The van der Waals surface area contributed by atoms with Crippen molar-refractivity contribution < 1.29 is 14.7 Å². The normalized spacial score (nSPS) is 24.4. The largest absolute Gasteiger partial charge is 0.479 e. The maximum Gasteiger partial charge on any atom is 0.329 e. The van der Waals surface area contributed by atoms with Gasteiger partial charge in [-0.3, -0.25) is 4.79 Å². The van der Waals surface area contributed by atoms with E-state index in [0.29, 0.717) is 12.8 Å². The first-order chi connectivity index (χ1) is 10.2. The molecule has 0 aromatic carbocycles. The summed E-state index contributed by atoms with van der Waals surface area (Å²) in [7, 11) is 0. The predicted molar refractivity (Wildman–Crippen MR) is 82.1 cm³/mol. The number of carboxylic acids is 1. The van der Waals surface area contributed by atoms with Crippen LogP contribution in [-0.2, 0) is 9.59 Å². The topological polar surface area (TPSA) is 57.6 Å². The van der Waals surface area contributed by atoms with Gasteiger partial charge in [-0.2, -0.15) is 0 Å². The highest BCUT2D eigenvalue weighted by molar-refractivity contribution is 5.81. The third-order valence-electron chi connectivity index (χ3n) is 5.13. The van der Waals surface area contributed by atoms with Gasteiger partial charge < -0.3 is 10.0 Å². The molecule has 0 bridgehead atoms. The summed E-state index contributed by atoms with van der Waals surface area (Å²) in [5.74, 6) is -0.793. The van der Waals surface area contributed by atoms with Crippen molar-refractivity contribution in [1.29, 1.82) is 0 Å². The number of hydrogen-bond donors (Lipinski definition) is 1. The van der Waals surface area contributed by atoms with Gasteiger partial charge in [-0.25, -0.2) is 4.79 Å². The van der Waals surface area contributed by atoms with Crippen LogP contribution in [0.25, 0.3) is 0 Å². The van der Waals surface area contributed by atoms with Crippen LogP contribution in [0.2, 0.25) is 0 Å². The molecule has 0 heterocycles. The van der Waals surface area contributed by atoms with Gasteiger partial charge in [0.2, 0.25) is 6.41 Å². The smallest absolute Gasteiger partial charge is 0.329 e. The minimum absolute atomic E-state index is 0.173. The average Bonchev–Trinajstić information content (AvgIpc) is 3.26. The fourth-order valence-corrected chi connectivity index (χ4v) is 3.67. The second-order valence-electron chi connectivity index (χ2n) is 6.76. The number of carbonyl (C=O) groups is 2. The van der Waals surface area contributed by atoms with E-state index in [9.17, 15) is 14.7 Å². The van der Waals surface area contributed by atoms with Crippen molar-refractivity contribution >= 4 is 12.4 Å². The van der Waals surface area contributed by atoms with E-state index in [4.69, 9.17) is 0 Å². The van der Waals surface area contributed by atoms with E-state index in [1.165, 1.54) is 32.1 Å². The molecule has 0 unspecified atom stereocenters. The van der Waals surface area contributed by atoms with E-state index in [0.717, 1.165) is 44.9 Å². The zero-order valence-electron chi connectivity index (χ0n) is 13.1. The molecule has 1 amide bonds. The van der Waals surface area contributed by atoms with Crippen molar-refractivity contribution in [2.45, 2.75) is 95.1 Å². The second kappa shape index (κ2) is 7.81. The van der Waals surface area contributed by atoms with Gasteiger partial charge in [0.05, 0.1) is 0 Å². The van der Waals surface area contributed by atoms with E-state index in [1.807, 2.05) is 0 Å². The Labute approximate surface area is 127 Å². The number of aliphatic carboxylic acids is 1. The molecule has 1 N–H and O–H groups in total. The Morgan fingerprint density at radius 3 is 1.67 bits per heavy atom. The minimum atomic E-state index is -0.942. The first-order valence-electron chi connectivity index (χ1n) is 8.68. The maximum absolute atomic E-state index is 12.0. The minimum Gasteiger partial charge on any atom is -0.479 e. The van der Waals surface area contributed by atoms with E-state index >= 15 is 0 Å². The first-order valence-corrected chi connectivity index (χ1v) is 8.68. The Balaban J connectivity index is 2.11. The molecule has 2 rings (SSSR count). The van der Waals surface area contributed by atoms with Crippen molar-refractivity contribution in [2.75, 3.05) is 0 Å².